The summed E-state index contributed by atoms with van der Waals surface area (Å²) in [5, 5.41) is 10.7. The van der Waals surface area contributed by atoms with Crippen LogP contribution in [0.25, 0.3) is 0 Å². The number of ether oxygens (including phenoxy) is 4. The van der Waals surface area contributed by atoms with E-state index >= 15 is 0 Å². The lowest BCUT2D eigenvalue weighted by Gasteiger charge is -2.21. The van der Waals surface area contributed by atoms with Crippen LogP contribution in [0, 0.1) is 11.8 Å². The highest BCUT2D eigenvalue weighted by Crippen LogP contribution is 2.45. The third kappa shape index (κ3) is 78.5. The summed E-state index contributed by atoms with van der Waals surface area (Å²) in [6.45, 7) is 9.70. The highest BCUT2D eigenvalue weighted by Gasteiger charge is 2.30. The van der Waals surface area contributed by atoms with Crippen molar-refractivity contribution in [3.8, 4) is 0 Å². The molecule has 0 amide bonds. The van der Waals surface area contributed by atoms with Crippen LogP contribution in [0.15, 0.2) is 0 Å². The molecule has 0 spiro atoms. The van der Waals surface area contributed by atoms with Crippen LogP contribution in [0.5, 0.6) is 0 Å². The molecule has 0 aliphatic heterocycles. The molecule has 0 rings (SSSR count). The Morgan fingerprint density at radius 2 is 0.486 bits per heavy atom. The monoisotopic (exact) mass is 1540 g/mol. The SMILES string of the molecule is CCCCCCCCCCCCCCCCCCCCC(=O)OC[C@H](COP(=O)(O)OC[C@@H](O)COP(=O)(O)OC[C@@H](COC(=O)CCCCCCCCCCC(C)C)OC(=O)CCCCCCCCCCCCCCCCCCCC)OC(=O)CCCCCCCCCCCCCCCCC(C)CC. The number of phosphoric ester groups is 2. The van der Waals surface area contributed by atoms with Gasteiger partial charge in [-0.3, -0.25) is 37.3 Å². The second-order valence-electron chi connectivity index (χ2n) is 31.6. The van der Waals surface area contributed by atoms with Crippen molar-refractivity contribution in [1.82, 2.24) is 0 Å². The molecule has 0 aromatic rings. The van der Waals surface area contributed by atoms with Crippen molar-refractivity contribution in [3.05, 3.63) is 0 Å². The number of hydrogen-bond acceptors (Lipinski definition) is 15. The first kappa shape index (κ1) is 103. The van der Waals surface area contributed by atoms with Crippen molar-refractivity contribution in [2.24, 2.45) is 11.8 Å². The highest BCUT2D eigenvalue weighted by molar-refractivity contribution is 7.47. The standard InChI is InChI=1S/C86H168O17P2/c1-7-10-12-14-16-18-20-22-24-26-28-30-35-39-43-50-56-62-68-83(88)96-74-81(102-85(90)71-65-59-53-45-41-37-33-32-34-38-42-49-55-61-67-79(6)9-3)76-100-104(92,93)98-72-80(87)73-99-105(94,95)101-77-82(75-97-84(89)69-63-57-51-47-46-48-54-60-66-78(4)5)103-86(91)70-64-58-52-44-40-36-31-29-27-25-23-21-19-17-15-13-11-8-2/h78-82,87H,7-77H2,1-6H3,(H,92,93)(H,94,95)/t79?,80-,81-,82-/m1/s1. The highest BCUT2D eigenvalue weighted by atomic mass is 31.2. The quantitative estimate of drug-likeness (QED) is 0.0222. The van der Waals surface area contributed by atoms with Crippen LogP contribution in [0.2, 0.25) is 0 Å². The molecule has 3 unspecified atom stereocenters. The van der Waals surface area contributed by atoms with Gasteiger partial charge in [0.05, 0.1) is 26.4 Å². The number of unbranched alkanes of at least 4 members (excludes halogenated alkanes) is 54. The Morgan fingerprint density at radius 1 is 0.276 bits per heavy atom. The van der Waals surface area contributed by atoms with Gasteiger partial charge < -0.3 is 33.8 Å². The van der Waals surface area contributed by atoms with Crippen LogP contribution < -0.4 is 0 Å². The molecule has 0 aromatic heterocycles. The van der Waals surface area contributed by atoms with E-state index in [1.807, 2.05) is 0 Å². The zero-order valence-corrected chi connectivity index (χ0v) is 70.8. The predicted molar refractivity (Wildman–Crippen MR) is 432 cm³/mol. The smallest absolute Gasteiger partial charge is 0.462 e. The van der Waals surface area contributed by atoms with Gasteiger partial charge >= 0.3 is 39.5 Å². The molecule has 105 heavy (non-hydrogen) atoms. The fourth-order valence-electron chi connectivity index (χ4n) is 13.4. The molecule has 19 heteroatoms. The van der Waals surface area contributed by atoms with Crippen molar-refractivity contribution in [3.63, 3.8) is 0 Å². The van der Waals surface area contributed by atoms with Crippen LogP contribution >= 0.6 is 15.6 Å². The summed E-state index contributed by atoms with van der Waals surface area (Å²) in [6, 6.07) is 0. The maximum Gasteiger partial charge on any atom is 0.472 e. The van der Waals surface area contributed by atoms with Gasteiger partial charge in [-0.2, -0.15) is 0 Å². The van der Waals surface area contributed by atoms with Crippen LogP contribution in [0.3, 0.4) is 0 Å². The number of rotatable bonds is 85. The van der Waals surface area contributed by atoms with Crippen molar-refractivity contribution < 1.29 is 80.2 Å². The van der Waals surface area contributed by atoms with E-state index in [2.05, 4.69) is 41.5 Å². The van der Waals surface area contributed by atoms with Gasteiger partial charge in [0.25, 0.3) is 0 Å². The molecule has 0 fully saturated rings. The largest absolute Gasteiger partial charge is 0.472 e. The summed E-state index contributed by atoms with van der Waals surface area (Å²) >= 11 is 0. The number of carbonyl (C=O) groups is 4. The lowest BCUT2D eigenvalue weighted by molar-refractivity contribution is -0.161. The third-order valence-corrected chi connectivity index (χ3v) is 22.5. The summed E-state index contributed by atoms with van der Waals surface area (Å²) < 4.78 is 68.9. The minimum atomic E-state index is -4.97. The Bertz CT molecular complexity index is 2010. The number of carbonyl (C=O) groups excluding carboxylic acids is 4. The van der Waals surface area contributed by atoms with E-state index in [4.69, 9.17) is 37.0 Å². The minimum Gasteiger partial charge on any atom is -0.462 e. The molecule has 6 atom stereocenters. The number of aliphatic hydroxyl groups excluding tert-OH is 1. The van der Waals surface area contributed by atoms with Gasteiger partial charge in [0.1, 0.15) is 19.3 Å². The third-order valence-electron chi connectivity index (χ3n) is 20.6. The molecule has 0 heterocycles. The average Bonchev–Trinajstić information content (AvgIpc) is 0.917. The van der Waals surface area contributed by atoms with Gasteiger partial charge in [-0.15, -0.1) is 0 Å². The molecule has 3 N–H and O–H groups in total. The molecular weight excluding hydrogens is 1370 g/mol. The van der Waals surface area contributed by atoms with E-state index in [1.165, 1.54) is 276 Å². The number of aliphatic hydroxyl groups is 1. The first-order chi connectivity index (χ1) is 50.9. The molecule has 0 aliphatic carbocycles. The van der Waals surface area contributed by atoms with Gasteiger partial charge in [0.15, 0.2) is 12.2 Å². The molecule has 0 saturated heterocycles. The minimum absolute atomic E-state index is 0.108. The summed E-state index contributed by atoms with van der Waals surface area (Å²) in [5.74, 6) is -0.529. The maximum absolute atomic E-state index is 13.1. The normalized spacial score (nSPS) is 14.1. The molecular formula is C86H168O17P2. The molecule has 17 nitrogen and oxygen atoms in total. The van der Waals surface area contributed by atoms with Gasteiger partial charge in [-0.25, -0.2) is 9.13 Å². The summed E-state index contributed by atoms with van der Waals surface area (Å²) in [5.41, 5.74) is 0. The van der Waals surface area contributed by atoms with Crippen LogP contribution in [-0.2, 0) is 65.4 Å². The molecule has 624 valence electrons. The van der Waals surface area contributed by atoms with Gasteiger partial charge in [0, 0.05) is 25.7 Å². The summed E-state index contributed by atoms with van der Waals surface area (Å²) in [7, 11) is -9.93. The zero-order valence-electron chi connectivity index (χ0n) is 69.0. The first-order valence-electron chi connectivity index (χ1n) is 44.5. The maximum atomic E-state index is 13.1. The van der Waals surface area contributed by atoms with Crippen molar-refractivity contribution in [2.45, 2.75) is 477 Å². The second kappa shape index (κ2) is 77.4. The molecule has 0 radical (unpaired) electrons. The first-order valence-corrected chi connectivity index (χ1v) is 47.5. The zero-order chi connectivity index (χ0) is 77.1. The van der Waals surface area contributed by atoms with Crippen LogP contribution in [0.4, 0.5) is 0 Å². The van der Waals surface area contributed by atoms with E-state index in [0.29, 0.717) is 25.7 Å². The molecule has 0 saturated carbocycles. The van der Waals surface area contributed by atoms with E-state index in [0.717, 1.165) is 102 Å². The fourth-order valence-corrected chi connectivity index (χ4v) is 15.0. The second-order valence-corrected chi connectivity index (χ2v) is 34.6. The van der Waals surface area contributed by atoms with Crippen LogP contribution in [-0.4, -0.2) is 96.7 Å². The van der Waals surface area contributed by atoms with E-state index in [-0.39, 0.29) is 25.7 Å². The average molecular weight is 1540 g/mol. The lowest BCUT2D eigenvalue weighted by atomic mass is 9.99. The Hall–Kier alpha value is -1.94. The Kier molecular flexibility index (Phi) is 76.0. The number of hydrogen-bond donors (Lipinski definition) is 3. The topological polar surface area (TPSA) is 237 Å². The van der Waals surface area contributed by atoms with Crippen molar-refractivity contribution >= 4 is 39.5 Å². The Morgan fingerprint density at radius 3 is 0.724 bits per heavy atom. The number of phosphoric acid groups is 2. The Balaban J connectivity index is 5.25. The lowest BCUT2D eigenvalue weighted by Crippen LogP contribution is -2.30. The summed E-state index contributed by atoms with van der Waals surface area (Å²) in [6.07, 6.45) is 69.4. The molecule has 0 aromatic carbocycles. The fraction of sp³-hybridized carbons (Fsp3) is 0.953. The number of esters is 4. The van der Waals surface area contributed by atoms with Crippen molar-refractivity contribution in [1.29, 1.82) is 0 Å². The van der Waals surface area contributed by atoms with Crippen molar-refractivity contribution in [2.75, 3.05) is 39.6 Å². The van der Waals surface area contributed by atoms with Gasteiger partial charge in [0.2, 0.25) is 0 Å². The van der Waals surface area contributed by atoms with E-state index in [9.17, 15) is 43.2 Å². The molecule has 0 aliphatic rings. The van der Waals surface area contributed by atoms with Crippen LogP contribution in [0.1, 0.15) is 459 Å². The predicted octanol–water partition coefficient (Wildman–Crippen LogP) is 26.2. The molecule has 0 bridgehead atoms. The van der Waals surface area contributed by atoms with Gasteiger partial charge in [-0.1, -0.05) is 408 Å². The Labute approximate surface area is 645 Å². The van der Waals surface area contributed by atoms with Gasteiger partial charge in [-0.05, 0) is 37.5 Å². The van der Waals surface area contributed by atoms with E-state index in [1.54, 1.807) is 0 Å². The summed E-state index contributed by atoms with van der Waals surface area (Å²) in [4.78, 5) is 73.2. The van der Waals surface area contributed by atoms with E-state index < -0.39 is 97.5 Å².